The number of nitrogens with one attached hydrogen (secondary N) is 2. The number of imidazole rings is 1. The van der Waals surface area contributed by atoms with Crippen molar-refractivity contribution in [2.24, 2.45) is 0 Å². The number of rotatable bonds is 1. The molecule has 2 N–H and O–H groups in total. The Morgan fingerprint density at radius 2 is 2.00 bits per heavy atom. The normalized spacial score (nSPS) is 11.9. The fourth-order valence-corrected chi connectivity index (χ4v) is 2.04. The minimum Gasteiger partial charge on any atom is -0.342 e. The van der Waals surface area contributed by atoms with Gasteiger partial charge in [0.2, 0.25) is 0 Å². The first-order valence-corrected chi connectivity index (χ1v) is 6.70. The van der Waals surface area contributed by atoms with Gasteiger partial charge in [0, 0.05) is 5.39 Å². The molecule has 20 heavy (non-hydrogen) atoms. The van der Waals surface area contributed by atoms with Crippen LogP contribution in [0.25, 0.3) is 21.9 Å². The van der Waals surface area contributed by atoms with Crippen LogP contribution in [0.5, 0.6) is 0 Å². The van der Waals surface area contributed by atoms with Crippen LogP contribution in [0.4, 0.5) is 5.82 Å². The third-order valence-corrected chi connectivity index (χ3v) is 3.27. The highest BCUT2D eigenvalue weighted by Gasteiger charge is 2.31. The van der Waals surface area contributed by atoms with E-state index in [0.29, 0.717) is 16.6 Å². The SMILES string of the molecule is O=C(Nc1nc2ccccc2c2nc[nH]c12)C(Cl)(Cl)Cl. The summed E-state index contributed by atoms with van der Waals surface area (Å²) >= 11 is 16.6. The zero-order valence-corrected chi connectivity index (χ0v) is 12.1. The molecule has 0 fully saturated rings. The molecule has 0 spiro atoms. The number of aromatic nitrogens is 3. The van der Waals surface area contributed by atoms with Crippen LogP contribution in [0.1, 0.15) is 0 Å². The number of carbonyl (C=O) groups excluding carboxylic acids is 1. The predicted octanol–water partition coefficient (Wildman–Crippen LogP) is 3.42. The number of anilines is 1. The molecule has 0 aliphatic rings. The van der Waals surface area contributed by atoms with Gasteiger partial charge in [-0.2, -0.15) is 0 Å². The van der Waals surface area contributed by atoms with Crippen LogP contribution in [0.3, 0.4) is 0 Å². The molecule has 5 nitrogen and oxygen atoms in total. The lowest BCUT2D eigenvalue weighted by molar-refractivity contribution is -0.115. The fourth-order valence-electron chi connectivity index (χ4n) is 1.90. The second-order valence-electron chi connectivity index (χ2n) is 4.06. The van der Waals surface area contributed by atoms with Gasteiger partial charge in [0.1, 0.15) is 11.0 Å². The smallest absolute Gasteiger partial charge is 0.277 e. The molecule has 0 aliphatic carbocycles. The number of amides is 1. The molecule has 0 unspecified atom stereocenters. The van der Waals surface area contributed by atoms with Crippen molar-refractivity contribution < 1.29 is 4.79 Å². The molecular weight excluding hydrogens is 323 g/mol. The van der Waals surface area contributed by atoms with E-state index in [1.165, 1.54) is 6.33 Å². The standard InChI is InChI=1S/C12H7Cl3N4O/c13-12(14,15)11(20)19-10-9-8(16-5-17-9)6-3-1-2-4-7(6)18-10/h1-5H,(H,16,17)(H,18,19,20). The van der Waals surface area contributed by atoms with Crippen molar-refractivity contribution in [2.75, 3.05) is 5.32 Å². The number of alkyl halides is 3. The monoisotopic (exact) mass is 328 g/mol. The molecule has 8 heteroatoms. The van der Waals surface area contributed by atoms with Crippen molar-refractivity contribution in [3.8, 4) is 0 Å². The first-order valence-electron chi connectivity index (χ1n) is 5.57. The molecule has 102 valence electrons. The van der Waals surface area contributed by atoms with E-state index in [-0.39, 0.29) is 5.82 Å². The van der Waals surface area contributed by atoms with Gasteiger partial charge in [-0.3, -0.25) is 4.79 Å². The van der Waals surface area contributed by atoms with Crippen LogP contribution in [-0.4, -0.2) is 24.7 Å². The number of hydrogen-bond donors (Lipinski definition) is 2. The van der Waals surface area contributed by atoms with Gasteiger partial charge < -0.3 is 10.3 Å². The number of para-hydroxylation sites is 1. The Morgan fingerprint density at radius 3 is 2.75 bits per heavy atom. The number of pyridine rings is 1. The maximum atomic E-state index is 11.8. The third kappa shape index (κ3) is 2.28. The average Bonchev–Trinajstić information content (AvgIpc) is 2.87. The van der Waals surface area contributed by atoms with E-state index in [1.54, 1.807) is 0 Å². The van der Waals surface area contributed by atoms with E-state index in [9.17, 15) is 4.79 Å². The number of hydrogen-bond acceptors (Lipinski definition) is 3. The van der Waals surface area contributed by atoms with Crippen molar-refractivity contribution in [2.45, 2.75) is 3.79 Å². The Labute approximate surface area is 128 Å². The zero-order valence-electron chi connectivity index (χ0n) is 9.82. The van der Waals surface area contributed by atoms with E-state index in [4.69, 9.17) is 34.8 Å². The van der Waals surface area contributed by atoms with Gasteiger partial charge >= 0.3 is 0 Å². The van der Waals surface area contributed by atoms with Crippen molar-refractivity contribution in [1.82, 2.24) is 15.0 Å². The molecule has 1 amide bonds. The van der Waals surface area contributed by atoms with Gasteiger partial charge in [0.05, 0.1) is 11.8 Å². The molecule has 0 aliphatic heterocycles. The summed E-state index contributed by atoms with van der Waals surface area (Å²) in [5, 5.41) is 3.36. The van der Waals surface area contributed by atoms with Gasteiger partial charge in [-0.25, -0.2) is 9.97 Å². The highest BCUT2D eigenvalue weighted by atomic mass is 35.6. The maximum absolute atomic E-state index is 11.8. The third-order valence-electron chi connectivity index (χ3n) is 2.76. The molecule has 3 rings (SSSR count). The molecule has 0 radical (unpaired) electrons. The Kier molecular flexibility index (Phi) is 3.20. The van der Waals surface area contributed by atoms with Crippen molar-refractivity contribution in [1.29, 1.82) is 0 Å². The van der Waals surface area contributed by atoms with Crippen LogP contribution >= 0.6 is 34.8 Å². The predicted molar refractivity (Wildman–Crippen MR) is 80.3 cm³/mol. The Hall–Kier alpha value is -1.56. The summed E-state index contributed by atoms with van der Waals surface area (Å²) in [7, 11) is 0. The molecule has 0 atom stereocenters. The minimum atomic E-state index is -2.06. The topological polar surface area (TPSA) is 70.7 Å². The largest absolute Gasteiger partial charge is 0.342 e. The summed E-state index contributed by atoms with van der Waals surface area (Å²) in [6, 6.07) is 7.44. The Balaban J connectivity index is 2.19. The fraction of sp³-hybridized carbons (Fsp3) is 0.0833. The molecule has 1 aromatic carbocycles. The molecule has 2 heterocycles. The lowest BCUT2D eigenvalue weighted by Crippen LogP contribution is -2.27. The quantitative estimate of drug-likeness (QED) is 0.672. The summed E-state index contributed by atoms with van der Waals surface area (Å²) < 4.78 is -2.06. The Morgan fingerprint density at radius 1 is 1.25 bits per heavy atom. The number of H-pyrrole nitrogens is 1. The van der Waals surface area contributed by atoms with Crippen LogP contribution < -0.4 is 5.32 Å². The second-order valence-corrected chi connectivity index (χ2v) is 6.34. The number of benzene rings is 1. The van der Waals surface area contributed by atoms with Gasteiger partial charge in [-0.1, -0.05) is 53.0 Å². The first-order chi connectivity index (χ1) is 9.47. The van der Waals surface area contributed by atoms with Crippen LogP contribution in [0, 0.1) is 0 Å². The Bertz CT molecular complexity index is 809. The summed E-state index contributed by atoms with van der Waals surface area (Å²) in [6.07, 6.45) is 1.52. The van der Waals surface area contributed by atoms with E-state index in [0.717, 1.165) is 5.39 Å². The van der Waals surface area contributed by atoms with Gasteiger partial charge in [0.15, 0.2) is 5.82 Å². The number of nitrogens with zero attached hydrogens (tertiary/aromatic N) is 2. The van der Waals surface area contributed by atoms with Crippen LogP contribution in [0.2, 0.25) is 0 Å². The number of aromatic amines is 1. The summed E-state index contributed by atoms with van der Waals surface area (Å²) in [6.45, 7) is 0. The molecular formula is C12H7Cl3N4O. The highest BCUT2D eigenvalue weighted by molar-refractivity contribution is 6.76. The number of fused-ring (bicyclic) bond motifs is 3. The first kappa shape index (κ1) is 13.4. The molecule has 2 aromatic heterocycles. The lowest BCUT2D eigenvalue weighted by Gasteiger charge is -2.12. The van der Waals surface area contributed by atoms with Crippen molar-refractivity contribution in [3.05, 3.63) is 30.6 Å². The number of carbonyl (C=O) groups is 1. The van der Waals surface area contributed by atoms with Crippen molar-refractivity contribution >= 4 is 68.5 Å². The lowest BCUT2D eigenvalue weighted by atomic mass is 10.2. The minimum absolute atomic E-state index is 0.271. The van der Waals surface area contributed by atoms with Gasteiger partial charge in [-0.05, 0) is 6.07 Å². The summed E-state index contributed by atoms with van der Waals surface area (Å²) in [4.78, 5) is 23.3. The highest BCUT2D eigenvalue weighted by Crippen LogP contribution is 2.30. The molecule has 0 saturated carbocycles. The molecule has 3 aromatic rings. The average molecular weight is 330 g/mol. The van der Waals surface area contributed by atoms with E-state index in [2.05, 4.69) is 20.3 Å². The van der Waals surface area contributed by atoms with Gasteiger partial charge in [-0.15, -0.1) is 0 Å². The van der Waals surface area contributed by atoms with E-state index in [1.807, 2.05) is 24.3 Å². The molecule has 0 saturated heterocycles. The summed E-state index contributed by atoms with van der Waals surface area (Å²) in [5.41, 5.74) is 1.95. The summed E-state index contributed by atoms with van der Waals surface area (Å²) in [5.74, 6) is -0.506. The van der Waals surface area contributed by atoms with Crippen LogP contribution in [-0.2, 0) is 4.79 Å². The van der Waals surface area contributed by atoms with Crippen LogP contribution in [0.15, 0.2) is 30.6 Å². The molecule has 0 bridgehead atoms. The van der Waals surface area contributed by atoms with E-state index < -0.39 is 9.70 Å². The maximum Gasteiger partial charge on any atom is 0.277 e. The second kappa shape index (κ2) is 4.77. The van der Waals surface area contributed by atoms with Crippen molar-refractivity contribution in [3.63, 3.8) is 0 Å². The van der Waals surface area contributed by atoms with E-state index >= 15 is 0 Å². The number of halogens is 3. The van der Waals surface area contributed by atoms with Gasteiger partial charge in [0.25, 0.3) is 9.70 Å². The zero-order chi connectivity index (χ0) is 14.3.